The molecule has 0 saturated carbocycles. The number of pyridine rings is 2. The van der Waals surface area contributed by atoms with Gasteiger partial charge in [0.2, 0.25) is 5.91 Å². The van der Waals surface area contributed by atoms with Crippen LogP contribution >= 0.6 is 0 Å². The Bertz CT molecular complexity index is 3460. The van der Waals surface area contributed by atoms with Crippen LogP contribution in [0.1, 0.15) is 33.9 Å². The third-order valence-electron chi connectivity index (χ3n) is 11.8. The second-order valence-electron chi connectivity index (χ2n) is 16.2. The van der Waals surface area contributed by atoms with Gasteiger partial charge in [-0.25, -0.2) is 9.97 Å². The summed E-state index contributed by atoms with van der Waals surface area (Å²) in [6.45, 7) is 2.02. The summed E-state index contributed by atoms with van der Waals surface area (Å²) in [4.78, 5) is 40.9. The van der Waals surface area contributed by atoms with E-state index in [9.17, 15) is 4.79 Å². The van der Waals surface area contributed by atoms with Crippen molar-refractivity contribution >= 4 is 58.0 Å². The average molecular weight is 840 g/mol. The lowest BCUT2D eigenvalue weighted by Crippen LogP contribution is -2.14. The number of nitrogens with zero attached hydrogens (tertiary/aromatic N) is 4. The first-order valence-electron chi connectivity index (χ1n) is 21.6. The Hall–Kier alpha value is -8.75. The molecule has 0 unspecified atom stereocenters. The molecule has 0 radical (unpaired) electrons. The molecule has 310 valence electrons. The first kappa shape index (κ1) is 39.1. The largest absolute Gasteiger partial charge is 0.354 e. The van der Waals surface area contributed by atoms with Gasteiger partial charge in [0.15, 0.2) is 0 Å². The SMILES string of the molecule is Cc1ccnc(-c2cc(CC(=O)Nc3ccc(-c4c5nc(c(-c6ccccc6)c6ccc([nH]6)c(-c6ccccc6)c6nc(c(-c7ccccc7)c7ccc4[nH]7)C=C6)C=C5)cc3)ccn2)c1. The van der Waals surface area contributed by atoms with Crippen molar-refractivity contribution in [3.63, 3.8) is 0 Å². The van der Waals surface area contributed by atoms with Gasteiger partial charge in [0.05, 0.1) is 40.6 Å². The van der Waals surface area contributed by atoms with Crippen LogP contribution in [0.15, 0.2) is 176 Å². The molecule has 8 heteroatoms. The number of hydrogen-bond donors (Lipinski definition) is 3. The summed E-state index contributed by atoms with van der Waals surface area (Å²) < 4.78 is 0. The molecule has 11 rings (SSSR count). The molecule has 9 aromatic rings. The zero-order valence-corrected chi connectivity index (χ0v) is 35.5. The molecular weight excluding hydrogens is 799 g/mol. The number of aromatic amines is 2. The van der Waals surface area contributed by atoms with Crippen LogP contribution in [-0.4, -0.2) is 35.8 Å². The smallest absolute Gasteiger partial charge is 0.228 e. The zero-order chi connectivity index (χ0) is 43.7. The first-order chi connectivity index (χ1) is 32.0. The Balaban J connectivity index is 1.07. The van der Waals surface area contributed by atoms with Gasteiger partial charge in [0.1, 0.15) is 0 Å². The van der Waals surface area contributed by atoms with Gasteiger partial charge in [-0.15, -0.1) is 0 Å². The van der Waals surface area contributed by atoms with E-state index in [-0.39, 0.29) is 12.3 Å². The topological polar surface area (TPSA) is 112 Å². The number of fused-ring (bicyclic) bond motifs is 8. The molecule has 0 spiro atoms. The summed E-state index contributed by atoms with van der Waals surface area (Å²) in [6, 6.07) is 55.5. The standard InChI is InChI=1S/C57H41N7O/c1-36-29-31-58-51(33-36)52-34-37(30-32-59-52)35-53(65)60-42-19-17-41(18-20-42)57-49-27-25-47(63-49)55(39-13-7-3-8-14-39)45-23-21-43(61-45)54(38-11-5-2-6-12-38)44-22-24-46(62-44)56(40-15-9-4-10-16-40)48-26-28-50(57)64-48/h2-34,61,64H,35H2,1H3,(H,60,65). The molecule has 0 aliphatic carbocycles. The van der Waals surface area contributed by atoms with Crippen LogP contribution in [0, 0.1) is 6.92 Å². The van der Waals surface area contributed by atoms with Gasteiger partial charge in [-0.3, -0.25) is 14.8 Å². The van der Waals surface area contributed by atoms with Gasteiger partial charge in [0.25, 0.3) is 0 Å². The Morgan fingerprint density at radius 2 is 0.862 bits per heavy atom. The van der Waals surface area contributed by atoms with Gasteiger partial charge >= 0.3 is 0 Å². The van der Waals surface area contributed by atoms with Crippen LogP contribution in [0.3, 0.4) is 0 Å². The highest BCUT2D eigenvalue weighted by Crippen LogP contribution is 2.38. The molecule has 65 heavy (non-hydrogen) atoms. The zero-order valence-electron chi connectivity index (χ0n) is 35.5. The van der Waals surface area contributed by atoms with E-state index in [1.165, 1.54) is 0 Å². The lowest BCUT2D eigenvalue weighted by Gasteiger charge is -2.09. The fourth-order valence-corrected chi connectivity index (χ4v) is 8.75. The van der Waals surface area contributed by atoms with Gasteiger partial charge in [-0.1, -0.05) is 103 Å². The van der Waals surface area contributed by atoms with Crippen molar-refractivity contribution in [1.82, 2.24) is 29.9 Å². The van der Waals surface area contributed by atoms with E-state index >= 15 is 0 Å². The van der Waals surface area contributed by atoms with Gasteiger partial charge < -0.3 is 15.3 Å². The van der Waals surface area contributed by atoms with Crippen molar-refractivity contribution in [2.24, 2.45) is 0 Å². The monoisotopic (exact) mass is 839 g/mol. The number of hydrogen-bond acceptors (Lipinski definition) is 5. The van der Waals surface area contributed by atoms with E-state index in [4.69, 9.17) is 9.97 Å². The van der Waals surface area contributed by atoms with Crippen LogP contribution < -0.4 is 5.32 Å². The number of aryl methyl sites for hydroxylation is 1. The van der Waals surface area contributed by atoms with Crippen LogP contribution in [-0.2, 0) is 11.2 Å². The van der Waals surface area contributed by atoms with Crippen molar-refractivity contribution < 1.29 is 4.79 Å². The van der Waals surface area contributed by atoms with Crippen LogP contribution in [0.2, 0.25) is 0 Å². The van der Waals surface area contributed by atoms with Crippen molar-refractivity contribution in [1.29, 1.82) is 0 Å². The van der Waals surface area contributed by atoms with Crippen molar-refractivity contribution in [2.45, 2.75) is 13.3 Å². The van der Waals surface area contributed by atoms with Gasteiger partial charge in [-0.2, -0.15) is 0 Å². The predicted molar refractivity (Wildman–Crippen MR) is 265 cm³/mol. The second kappa shape index (κ2) is 16.8. The predicted octanol–water partition coefficient (Wildman–Crippen LogP) is 13.3. The number of benzene rings is 4. The number of carbonyl (C=O) groups excluding carboxylic acids is 1. The fraction of sp³-hybridized carbons (Fsp3) is 0.0351. The average Bonchev–Trinajstić information content (AvgIpc) is 4.19. The van der Waals surface area contributed by atoms with Crippen molar-refractivity contribution in [3.8, 4) is 55.9 Å². The molecular formula is C57H41N7O. The number of H-pyrrole nitrogens is 2. The summed E-state index contributed by atoms with van der Waals surface area (Å²) in [6.07, 6.45) is 12.1. The number of aromatic nitrogens is 6. The van der Waals surface area contributed by atoms with E-state index in [1.54, 1.807) is 12.4 Å². The summed E-state index contributed by atoms with van der Waals surface area (Å²) in [7, 11) is 0. The normalized spacial score (nSPS) is 11.8. The number of anilines is 1. The van der Waals surface area contributed by atoms with E-state index < -0.39 is 0 Å². The molecule has 2 aliphatic heterocycles. The highest BCUT2D eigenvalue weighted by Gasteiger charge is 2.19. The van der Waals surface area contributed by atoms with E-state index in [2.05, 4.69) is 147 Å². The number of amides is 1. The van der Waals surface area contributed by atoms with Crippen LogP contribution in [0.5, 0.6) is 0 Å². The summed E-state index contributed by atoms with van der Waals surface area (Å²) in [5, 5.41) is 3.11. The van der Waals surface area contributed by atoms with Gasteiger partial charge in [-0.05, 0) is 125 Å². The Morgan fingerprint density at radius 1 is 0.462 bits per heavy atom. The van der Waals surface area contributed by atoms with Crippen molar-refractivity contribution in [2.75, 3.05) is 5.32 Å². The quantitative estimate of drug-likeness (QED) is 0.141. The fourth-order valence-electron chi connectivity index (χ4n) is 8.75. The molecule has 1 amide bonds. The number of rotatable bonds is 8. The minimum atomic E-state index is -0.126. The molecule has 8 bridgehead atoms. The third-order valence-corrected chi connectivity index (χ3v) is 11.8. The molecule has 2 aliphatic rings. The molecule has 5 aromatic heterocycles. The summed E-state index contributed by atoms with van der Waals surface area (Å²) in [5.74, 6) is -0.126. The Morgan fingerprint density at radius 3 is 1.29 bits per heavy atom. The lowest BCUT2D eigenvalue weighted by molar-refractivity contribution is -0.115. The maximum Gasteiger partial charge on any atom is 0.228 e. The maximum absolute atomic E-state index is 13.4. The highest BCUT2D eigenvalue weighted by molar-refractivity contribution is 6.00. The number of nitrogens with one attached hydrogen (secondary N) is 3. The Labute approximate surface area is 375 Å². The minimum absolute atomic E-state index is 0.126. The lowest BCUT2D eigenvalue weighted by atomic mass is 10.0. The van der Waals surface area contributed by atoms with E-state index in [1.807, 2.05) is 73.7 Å². The maximum atomic E-state index is 13.4. The molecule has 3 N–H and O–H groups in total. The van der Waals surface area contributed by atoms with Crippen LogP contribution in [0.4, 0.5) is 5.69 Å². The van der Waals surface area contributed by atoms with E-state index in [0.717, 1.165) is 112 Å². The molecule has 8 nitrogen and oxygen atoms in total. The highest BCUT2D eigenvalue weighted by atomic mass is 16.1. The number of carbonyl (C=O) groups is 1. The molecule has 0 fully saturated rings. The minimum Gasteiger partial charge on any atom is -0.354 e. The third kappa shape index (κ3) is 7.85. The summed E-state index contributed by atoms with van der Waals surface area (Å²) >= 11 is 0. The molecule has 0 saturated heterocycles. The van der Waals surface area contributed by atoms with E-state index in [0.29, 0.717) is 5.69 Å². The first-order valence-corrected chi connectivity index (χ1v) is 21.6. The summed E-state index contributed by atoms with van der Waals surface area (Å²) in [5.41, 5.74) is 19.2. The molecule has 4 aromatic carbocycles. The molecule has 7 heterocycles. The van der Waals surface area contributed by atoms with Crippen LogP contribution in [0.25, 0.3) is 102 Å². The van der Waals surface area contributed by atoms with Crippen molar-refractivity contribution in [3.05, 3.63) is 210 Å². The van der Waals surface area contributed by atoms with Gasteiger partial charge in [0, 0.05) is 62.4 Å². The molecule has 0 atom stereocenters. The second-order valence-corrected chi connectivity index (χ2v) is 16.2. The Kier molecular flexibility index (Phi) is 10.1.